The van der Waals surface area contributed by atoms with Crippen molar-refractivity contribution in [2.24, 2.45) is 0 Å². The number of amides is 2. The van der Waals surface area contributed by atoms with E-state index >= 15 is 0 Å². The Bertz CT molecular complexity index is 1140. The third-order valence-corrected chi connectivity index (χ3v) is 7.69. The molecule has 184 valence electrons. The second-order valence-electron chi connectivity index (χ2n) is 8.53. The summed E-state index contributed by atoms with van der Waals surface area (Å²) in [5.74, 6) is -0.805. The molecule has 0 unspecified atom stereocenters. The lowest BCUT2D eigenvalue weighted by molar-refractivity contribution is -0.139. The molecule has 0 bridgehead atoms. The molecule has 1 fully saturated rings. The minimum absolute atomic E-state index is 0.0604. The molecule has 0 saturated heterocycles. The lowest BCUT2D eigenvalue weighted by Gasteiger charge is -2.32. The number of carbonyl (C=O) groups excluding carboxylic acids is 2. The Morgan fingerprint density at radius 2 is 1.76 bits per heavy atom. The monoisotopic (exact) mass is 525 g/mol. The molecule has 2 aromatic rings. The third kappa shape index (κ3) is 6.87. The number of hydrogen-bond donors (Lipinski definition) is 1. The van der Waals surface area contributed by atoms with Gasteiger partial charge in [-0.3, -0.25) is 13.9 Å². The number of hydrogen-bond acceptors (Lipinski definition) is 4. The van der Waals surface area contributed by atoms with Crippen molar-refractivity contribution < 1.29 is 18.0 Å². The Hall–Kier alpha value is -2.29. The molecule has 1 atom stereocenters. The van der Waals surface area contributed by atoms with Crippen LogP contribution in [-0.2, 0) is 26.2 Å². The number of anilines is 1. The molecule has 3 rings (SSSR count). The maximum absolute atomic E-state index is 13.5. The zero-order valence-corrected chi connectivity index (χ0v) is 21.5. The van der Waals surface area contributed by atoms with E-state index in [1.54, 1.807) is 49.4 Å². The third-order valence-electron chi connectivity index (χ3n) is 5.94. The van der Waals surface area contributed by atoms with Crippen molar-refractivity contribution in [3.63, 3.8) is 0 Å². The Kier molecular flexibility index (Phi) is 8.84. The molecule has 1 aliphatic rings. The van der Waals surface area contributed by atoms with Gasteiger partial charge >= 0.3 is 0 Å². The predicted molar refractivity (Wildman–Crippen MR) is 136 cm³/mol. The van der Waals surface area contributed by atoms with Crippen molar-refractivity contribution in [3.05, 3.63) is 64.1 Å². The van der Waals surface area contributed by atoms with E-state index in [2.05, 4.69) is 5.32 Å². The highest BCUT2D eigenvalue weighted by molar-refractivity contribution is 7.92. The number of sulfonamides is 1. The number of carbonyl (C=O) groups is 2. The van der Waals surface area contributed by atoms with Gasteiger partial charge in [0.25, 0.3) is 0 Å². The van der Waals surface area contributed by atoms with Gasteiger partial charge in [-0.15, -0.1) is 0 Å². The van der Waals surface area contributed by atoms with Crippen molar-refractivity contribution in [3.8, 4) is 0 Å². The standard InChI is InChI=1S/C24H29Cl2N3O4S/c1-17(24(31)27-20-10-4-5-11-20)28(15-18-8-3-6-13-22(18)26)23(30)16-29(34(2,32)33)21-12-7-9-19(25)14-21/h3,6-9,12-14,17,20H,4-5,10-11,15-16H2,1-2H3,(H,27,31)/t17-/m0/s1. The van der Waals surface area contributed by atoms with Gasteiger partial charge in [-0.05, 0) is 49.6 Å². The quantitative estimate of drug-likeness (QED) is 0.530. The highest BCUT2D eigenvalue weighted by atomic mass is 35.5. The highest BCUT2D eigenvalue weighted by Crippen LogP contribution is 2.24. The Morgan fingerprint density at radius 1 is 1.09 bits per heavy atom. The Labute approximate surface area is 211 Å². The molecule has 0 heterocycles. The molecular weight excluding hydrogens is 497 g/mol. The van der Waals surface area contributed by atoms with Gasteiger partial charge in [0.2, 0.25) is 21.8 Å². The van der Waals surface area contributed by atoms with Crippen molar-refractivity contribution in [2.45, 2.75) is 51.2 Å². The van der Waals surface area contributed by atoms with Gasteiger partial charge in [0, 0.05) is 22.6 Å². The number of benzene rings is 2. The van der Waals surface area contributed by atoms with E-state index in [4.69, 9.17) is 23.2 Å². The van der Waals surface area contributed by atoms with Crippen molar-refractivity contribution in [1.82, 2.24) is 10.2 Å². The molecule has 0 aromatic heterocycles. The van der Waals surface area contributed by atoms with Crippen LogP contribution in [-0.4, -0.2) is 50.0 Å². The Morgan fingerprint density at radius 3 is 2.38 bits per heavy atom. The van der Waals surface area contributed by atoms with E-state index in [1.165, 1.54) is 11.0 Å². The van der Waals surface area contributed by atoms with Crippen LogP contribution in [0.15, 0.2) is 48.5 Å². The minimum Gasteiger partial charge on any atom is -0.352 e. The zero-order chi connectivity index (χ0) is 24.9. The zero-order valence-electron chi connectivity index (χ0n) is 19.2. The SMILES string of the molecule is C[C@@H](C(=O)NC1CCCC1)N(Cc1ccccc1Cl)C(=O)CN(c1cccc(Cl)c1)S(C)(=O)=O. The molecule has 1 aliphatic carbocycles. The smallest absolute Gasteiger partial charge is 0.244 e. The fourth-order valence-corrected chi connectivity index (χ4v) is 5.25. The lowest BCUT2D eigenvalue weighted by atomic mass is 10.1. The molecular formula is C24H29Cl2N3O4S. The van der Waals surface area contributed by atoms with Gasteiger partial charge in [-0.1, -0.05) is 60.3 Å². The summed E-state index contributed by atoms with van der Waals surface area (Å²) in [7, 11) is -3.81. The van der Waals surface area contributed by atoms with E-state index in [-0.39, 0.29) is 24.2 Å². The summed E-state index contributed by atoms with van der Waals surface area (Å²) in [6.45, 7) is 1.22. The van der Waals surface area contributed by atoms with Gasteiger partial charge in [-0.25, -0.2) is 8.42 Å². The van der Waals surface area contributed by atoms with Gasteiger partial charge in [0.1, 0.15) is 12.6 Å². The van der Waals surface area contributed by atoms with Gasteiger partial charge in [-0.2, -0.15) is 0 Å². The maximum Gasteiger partial charge on any atom is 0.244 e. The van der Waals surface area contributed by atoms with Crippen LogP contribution in [0.5, 0.6) is 0 Å². The van der Waals surface area contributed by atoms with E-state index in [9.17, 15) is 18.0 Å². The van der Waals surface area contributed by atoms with Crippen molar-refractivity contribution >= 4 is 50.7 Å². The van der Waals surface area contributed by atoms with Gasteiger partial charge in [0.05, 0.1) is 11.9 Å². The average molecular weight is 526 g/mol. The molecule has 7 nitrogen and oxygen atoms in total. The molecule has 0 aliphatic heterocycles. The normalized spacial score (nSPS) is 15.1. The molecule has 2 amide bonds. The largest absolute Gasteiger partial charge is 0.352 e. The topological polar surface area (TPSA) is 86.8 Å². The van der Waals surface area contributed by atoms with Crippen LogP contribution in [0.4, 0.5) is 5.69 Å². The van der Waals surface area contributed by atoms with E-state index in [0.717, 1.165) is 36.2 Å². The van der Waals surface area contributed by atoms with E-state index in [0.29, 0.717) is 15.6 Å². The van der Waals surface area contributed by atoms with E-state index < -0.39 is 28.5 Å². The van der Waals surface area contributed by atoms with Crippen LogP contribution >= 0.6 is 23.2 Å². The molecule has 0 spiro atoms. The van der Waals surface area contributed by atoms with E-state index in [1.807, 2.05) is 0 Å². The first-order valence-electron chi connectivity index (χ1n) is 11.1. The summed E-state index contributed by atoms with van der Waals surface area (Å²) in [4.78, 5) is 27.9. The molecule has 0 radical (unpaired) electrons. The number of nitrogens with zero attached hydrogens (tertiary/aromatic N) is 2. The first-order chi connectivity index (χ1) is 16.1. The van der Waals surface area contributed by atoms with Crippen LogP contribution in [0.3, 0.4) is 0 Å². The number of nitrogens with one attached hydrogen (secondary N) is 1. The maximum atomic E-state index is 13.5. The minimum atomic E-state index is -3.81. The number of rotatable bonds is 9. The fourth-order valence-electron chi connectivity index (χ4n) is 4.03. The average Bonchev–Trinajstić information content (AvgIpc) is 3.28. The predicted octanol–water partition coefficient (Wildman–Crippen LogP) is 4.24. The molecule has 1 N–H and O–H groups in total. The van der Waals surface area contributed by atoms with Crippen LogP contribution in [0, 0.1) is 0 Å². The molecule has 10 heteroatoms. The Balaban J connectivity index is 1.89. The summed E-state index contributed by atoms with van der Waals surface area (Å²) in [5.41, 5.74) is 0.927. The second-order valence-corrected chi connectivity index (χ2v) is 11.3. The summed E-state index contributed by atoms with van der Waals surface area (Å²) in [5, 5.41) is 3.82. The first kappa shape index (κ1) is 26.3. The van der Waals surface area contributed by atoms with Crippen molar-refractivity contribution in [2.75, 3.05) is 17.1 Å². The lowest BCUT2D eigenvalue weighted by Crippen LogP contribution is -2.52. The van der Waals surface area contributed by atoms with Crippen LogP contribution < -0.4 is 9.62 Å². The van der Waals surface area contributed by atoms with Crippen LogP contribution in [0.25, 0.3) is 0 Å². The summed E-state index contributed by atoms with van der Waals surface area (Å²) >= 11 is 12.4. The molecule has 2 aromatic carbocycles. The van der Waals surface area contributed by atoms with Crippen LogP contribution in [0.2, 0.25) is 10.0 Å². The van der Waals surface area contributed by atoms with Crippen molar-refractivity contribution in [1.29, 1.82) is 0 Å². The van der Waals surface area contributed by atoms with Crippen LogP contribution in [0.1, 0.15) is 38.2 Å². The molecule has 34 heavy (non-hydrogen) atoms. The number of halogens is 2. The van der Waals surface area contributed by atoms with Gasteiger partial charge in [0.15, 0.2) is 0 Å². The van der Waals surface area contributed by atoms with Gasteiger partial charge < -0.3 is 10.2 Å². The molecule has 1 saturated carbocycles. The summed E-state index contributed by atoms with van der Waals surface area (Å²) in [6, 6.07) is 12.6. The summed E-state index contributed by atoms with van der Waals surface area (Å²) in [6.07, 6.45) is 4.96. The first-order valence-corrected chi connectivity index (χ1v) is 13.7. The fraction of sp³-hybridized carbons (Fsp3) is 0.417. The summed E-state index contributed by atoms with van der Waals surface area (Å²) < 4.78 is 26.1. The highest BCUT2D eigenvalue weighted by Gasteiger charge is 2.31. The second kappa shape index (κ2) is 11.4.